The Hall–Kier alpha value is -0.810. The molecule has 1 fully saturated rings. The van der Waals surface area contributed by atoms with Gasteiger partial charge in [-0.05, 0) is 18.5 Å². The second-order valence-electron chi connectivity index (χ2n) is 3.25. The number of nitrogens with one attached hydrogen (secondary N) is 1. The van der Waals surface area contributed by atoms with Crippen LogP contribution < -0.4 is 5.32 Å². The van der Waals surface area contributed by atoms with Crippen molar-refractivity contribution in [3.63, 3.8) is 0 Å². The topological polar surface area (TPSA) is 49.2 Å². The van der Waals surface area contributed by atoms with Gasteiger partial charge in [-0.25, -0.2) is 4.99 Å². The molecular formula is C8H13ClN4O. The van der Waals surface area contributed by atoms with Crippen molar-refractivity contribution in [2.45, 2.75) is 13.1 Å². The minimum absolute atomic E-state index is 0.00200. The Balaban J connectivity index is 2.08. The van der Waals surface area contributed by atoms with Crippen LogP contribution in [-0.2, 0) is 4.74 Å². The molecule has 0 aromatic carbocycles. The minimum atomic E-state index is -0.00200. The first-order valence-electron chi connectivity index (χ1n) is 4.67. The van der Waals surface area contributed by atoms with Crippen LogP contribution in [0.1, 0.15) is 6.92 Å². The second-order valence-corrected chi connectivity index (χ2v) is 3.61. The van der Waals surface area contributed by atoms with E-state index >= 15 is 0 Å². The fraction of sp³-hybridized carbons (Fsp3) is 0.750. The third-order valence-corrected chi connectivity index (χ3v) is 2.32. The lowest BCUT2D eigenvalue weighted by atomic mass is 10.4. The molecule has 1 saturated heterocycles. The average Bonchev–Trinajstić information content (AvgIpc) is 2.18. The Morgan fingerprint density at radius 1 is 1.50 bits per heavy atom. The van der Waals surface area contributed by atoms with Gasteiger partial charge in [-0.2, -0.15) is 4.99 Å². The van der Waals surface area contributed by atoms with Gasteiger partial charge < -0.3 is 15.0 Å². The summed E-state index contributed by atoms with van der Waals surface area (Å²) in [7, 11) is 0. The zero-order chi connectivity index (χ0) is 9.97. The zero-order valence-electron chi connectivity index (χ0n) is 8.03. The largest absolute Gasteiger partial charge is 0.378 e. The van der Waals surface area contributed by atoms with Crippen LogP contribution in [0, 0.1) is 0 Å². The molecule has 2 aliphatic rings. The number of ether oxygens (including phenoxy) is 1. The molecule has 0 aromatic rings. The maximum atomic E-state index is 5.83. The zero-order valence-corrected chi connectivity index (χ0v) is 8.79. The van der Waals surface area contributed by atoms with E-state index in [1.165, 1.54) is 0 Å². The number of amidine groups is 1. The number of rotatable bonds is 0. The number of morpholine rings is 1. The summed E-state index contributed by atoms with van der Waals surface area (Å²) in [5.74, 6) is 0.713. The third-order valence-electron chi connectivity index (χ3n) is 2.13. The molecule has 2 heterocycles. The summed E-state index contributed by atoms with van der Waals surface area (Å²) < 4.78 is 5.25. The van der Waals surface area contributed by atoms with E-state index in [1.807, 2.05) is 6.92 Å². The SMILES string of the molecule is CC1N=C(N2CCOCC2)N=C(Cl)N1. The Bertz CT molecular complexity index is 273. The van der Waals surface area contributed by atoms with Gasteiger partial charge >= 0.3 is 0 Å². The van der Waals surface area contributed by atoms with Gasteiger partial charge in [0.05, 0.1) is 13.2 Å². The van der Waals surface area contributed by atoms with Gasteiger partial charge in [0.2, 0.25) is 11.3 Å². The van der Waals surface area contributed by atoms with Gasteiger partial charge in [-0.15, -0.1) is 0 Å². The number of hydrogen-bond donors (Lipinski definition) is 1. The highest BCUT2D eigenvalue weighted by Crippen LogP contribution is 2.06. The van der Waals surface area contributed by atoms with Crippen molar-refractivity contribution in [2.24, 2.45) is 9.98 Å². The lowest BCUT2D eigenvalue weighted by Gasteiger charge is -2.30. The van der Waals surface area contributed by atoms with Crippen molar-refractivity contribution in [1.82, 2.24) is 10.2 Å². The van der Waals surface area contributed by atoms with Gasteiger partial charge in [-0.1, -0.05) is 0 Å². The van der Waals surface area contributed by atoms with E-state index in [-0.39, 0.29) is 6.17 Å². The standard InChI is InChI=1S/C8H13ClN4O/c1-6-10-7(9)12-8(11-6)13-2-4-14-5-3-13/h6H,2-5H2,1H3,(H,10,11,12). The summed E-state index contributed by atoms with van der Waals surface area (Å²) in [5.41, 5.74) is 0. The molecule has 1 N–H and O–H groups in total. The summed E-state index contributed by atoms with van der Waals surface area (Å²) in [4.78, 5) is 10.6. The highest BCUT2D eigenvalue weighted by Gasteiger charge is 2.19. The molecule has 5 nitrogen and oxygen atoms in total. The molecule has 1 atom stereocenters. The maximum absolute atomic E-state index is 5.83. The van der Waals surface area contributed by atoms with Gasteiger partial charge in [0.1, 0.15) is 6.17 Å². The number of aliphatic imine (C=N–C) groups is 2. The van der Waals surface area contributed by atoms with Crippen LogP contribution in [0.25, 0.3) is 0 Å². The van der Waals surface area contributed by atoms with Gasteiger partial charge in [0, 0.05) is 13.1 Å². The normalized spacial score (nSPS) is 27.9. The highest BCUT2D eigenvalue weighted by molar-refractivity contribution is 6.65. The van der Waals surface area contributed by atoms with Crippen LogP contribution in [-0.4, -0.2) is 48.6 Å². The van der Waals surface area contributed by atoms with Crippen molar-refractivity contribution in [3.8, 4) is 0 Å². The van der Waals surface area contributed by atoms with E-state index in [0.717, 1.165) is 26.3 Å². The van der Waals surface area contributed by atoms with Gasteiger partial charge in [0.25, 0.3) is 0 Å². The molecule has 0 saturated carbocycles. The summed E-state index contributed by atoms with van der Waals surface area (Å²) in [5, 5.41) is 3.33. The Morgan fingerprint density at radius 3 is 2.86 bits per heavy atom. The fourth-order valence-electron chi connectivity index (χ4n) is 1.44. The van der Waals surface area contributed by atoms with Crippen LogP contribution in [0.15, 0.2) is 9.98 Å². The van der Waals surface area contributed by atoms with Crippen LogP contribution in [0.2, 0.25) is 0 Å². The maximum Gasteiger partial charge on any atom is 0.225 e. The van der Waals surface area contributed by atoms with E-state index in [9.17, 15) is 0 Å². The summed E-state index contributed by atoms with van der Waals surface area (Å²) in [6, 6.07) is 0. The third kappa shape index (κ3) is 2.16. The smallest absolute Gasteiger partial charge is 0.225 e. The first-order chi connectivity index (χ1) is 6.75. The molecule has 1 unspecified atom stereocenters. The molecule has 0 radical (unpaired) electrons. The molecule has 0 spiro atoms. The van der Waals surface area contributed by atoms with Crippen LogP contribution in [0.5, 0.6) is 0 Å². The second kappa shape index (κ2) is 4.14. The number of halogens is 1. The first kappa shape index (κ1) is 9.73. The van der Waals surface area contributed by atoms with Crippen molar-refractivity contribution in [1.29, 1.82) is 0 Å². The van der Waals surface area contributed by atoms with Crippen LogP contribution >= 0.6 is 11.6 Å². The molecule has 2 rings (SSSR count). The Labute approximate surface area is 87.8 Å². The molecule has 0 aromatic heterocycles. The number of guanidine groups is 1. The predicted octanol–water partition coefficient (Wildman–Crippen LogP) is 0.219. The Kier molecular flexibility index (Phi) is 2.88. The monoisotopic (exact) mass is 216 g/mol. The van der Waals surface area contributed by atoms with E-state index in [2.05, 4.69) is 20.2 Å². The summed E-state index contributed by atoms with van der Waals surface area (Å²) in [6.07, 6.45) is -0.00200. The molecule has 6 heteroatoms. The van der Waals surface area contributed by atoms with Gasteiger partial charge in [-0.3, -0.25) is 0 Å². The molecule has 0 bridgehead atoms. The van der Waals surface area contributed by atoms with E-state index in [1.54, 1.807) is 0 Å². The molecule has 0 aliphatic carbocycles. The van der Waals surface area contributed by atoms with E-state index < -0.39 is 0 Å². The fourth-order valence-corrected chi connectivity index (χ4v) is 1.68. The van der Waals surface area contributed by atoms with Crippen molar-refractivity contribution >= 4 is 22.9 Å². The number of nitrogens with zero attached hydrogens (tertiary/aromatic N) is 3. The lowest BCUT2D eigenvalue weighted by molar-refractivity contribution is 0.0672. The summed E-state index contributed by atoms with van der Waals surface area (Å²) >= 11 is 5.83. The van der Waals surface area contributed by atoms with Gasteiger partial charge in [0.15, 0.2) is 0 Å². The Morgan fingerprint density at radius 2 is 2.21 bits per heavy atom. The molecule has 14 heavy (non-hydrogen) atoms. The quantitative estimate of drug-likeness (QED) is 0.590. The van der Waals surface area contributed by atoms with Crippen LogP contribution in [0.3, 0.4) is 0 Å². The molecular weight excluding hydrogens is 204 g/mol. The van der Waals surface area contributed by atoms with Crippen molar-refractivity contribution in [3.05, 3.63) is 0 Å². The lowest BCUT2D eigenvalue weighted by Crippen LogP contribution is -2.44. The average molecular weight is 217 g/mol. The van der Waals surface area contributed by atoms with Crippen molar-refractivity contribution in [2.75, 3.05) is 26.3 Å². The molecule has 2 aliphatic heterocycles. The predicted molar refractivity (Wildman–Crippen MR) is 55.7 cm³/mol. The highest BCUT2D eigenvalue weighted by atomic mass is 35.5. The number of hydrogen-bond acceptors (Lipinski definition) is 5. The van der Waals surface area contributed by atoms with E-state index in [4.69, 9.17) is 16.3 Å². The molecule has 0 amide bonds. The van der Waals surface area contributed by atoms with E-state index in [0.29, 0.717) is 11.3 Å². The molecule has 78 valence electrons. The minimum Gasteiger partial charge on any atom is -0.378 e. The summed E-state index contributed by atoms with van der Waals surface area (Å²) in [6.45, 7) is 5.07. The first-order valence-corrected chi connectivity index (χ1v) is 5.05. The van der Waals surface area contributed by atoms with Crippen molar-refractivity contribution < 1.29 is 4.74 Å². The van der Waals surface area contributed by atoms with Crippen LogP contribution in [0.4, 0.5) is 0 Å².